The van der Waals surface area contributed by atoms with Crippen LogP contribution in [-0.2, 0) is 38.6 Å². The van der Waals surface area contributed by atoms with Gasteiger partial charge in [-0.25, -0.2) is 37.1 Å². The van der Waals surface area contributed by atoms with E-state index in [9.17, 15) is 37.4 Å². The Labute approximate surface area is 475 Å². The fourth-order valence-corrected chi connectivity index (χ4v) is 13.7. The van der Waals surface area contributed by atoms with Gasteiger partial charge in [0.05, 0.1) is 73.1 Å². The molecule has 414 valence electrons. The highest BCUT2D eigenvalue weighted by Crippen LogP contribution is 2.50. The normalized spacial score (nSPS) is 21.4. The number of aromatic nitrogens is 4. The summed E-state index contributed by atoms with van der Waals surface area (Å²) in [6.45, 7) is 0.482. The number of aliphatic hydroxyl groups is 2. The third kappa shape index (κ3) is 10.9. The topological polar surface area (TPSA) is 200 Å². The minimum absolute atomic E-state index is 0.00516. The molecule has 4 aliphatic rings. The second kappa shape index (κ2) is 22.2. The molecule has 0 saturated heterocycles. The van der Waals surface area contributed by atoms with E-state index in [2.05, 4.69) is 25.0 Å². The molecule has 24 heteroatoms. The molecule has 0 spiro atoms. The van der Waals surface area contributed by atoms with Crippen LogP contribution in [-0.4, -0.2) is 66.9 Å². The number of rotatable bonds is 14. The van der Waals surface area contributed by atoms with Crippen LogP contribution in [0.2, 0.25) is 20.1 Å². The van der Waals surface area contributed by atoms with Crippen molar-refractivity contribution in [2.75, 3.05) is 7.11 Å². The molecule has 3 N–H and O–H groups in total. The molecule has 0 atom stereocenters. The van der Waals surface area contributed by atoms with E-state index in [4.69, 9.17) is 70.0 Å². The monoisotopic (exact) mass is 1200 g/mol. The van der Waals surface area contributed by atoms with E-state index in [1.54, 1.807) is 36.4 Å². The van der Waals surface area contributed by atoms with Crippen LogP contribution in [0.5, 0.6) is 0 Å². The maximum Gasteiger partial charge on any atom is 0.343 e. The third-order valence-corrected chi connectivity index (χ3v) is 18.7. The zero-order valence-corrected chi connectivity index (χ0v) is 46.3. The molecular formula is C55H46Cl4F4N4O10S2. The number of carboxylic acids is 1. The molecule has 14 nitrogen and oxygen atoms in total. The summed E-state index contributed by atoms with van der Waals surface area (Å²) in [4.78, 5) is 31.7. The van der Waals surface area contributed by atoms with Crippen LogP contribution in [0.4, 0.5) is 17.6 Å². The van der Waals surface area contributed by atoms with Crippen molar-refractivity contribution >= 4 is 101 Å². The van der Waals surface area contributed by atoms with Gasteiger partial charge in [0.2, 0.25) is 0 Å². The fourth-order valence-electron chi connectivity index (χ4n) is 10.3. The summed E-state index contributed by atoms with van der Waals surface area (Å²) in [6.07, 6.45) is 6.94. The van der Waals surface area contributed by atoms with Crippen LogP contribution in [0.25, 0.3) is 42.9 Å². The summed E-state index contributed by atoms with van der Waals surface area (Å²) in [5, 5.41) is 42.8. The molecule has 4 fully saturated rings. The Hall–Kier alpha value is -5.26. The average Bonchev–Trinajstić information content (AvgIpc) is 4.25. The lowest BCUT2D eigenvalue weighted by Gasteiger charge is -2.34. The van der Waals surface area contributed by atoms with E-state index in [0.717, 1.165) is 90.2 Å². The lowest BCUT2D eigenvalue weighted by atomic mass is 9.83. The van der Waals surface area contributed by atoms with Gasteiger partial charge >= 0.3 is 11.9 Å². The van der Waals surface area contributed by atoms with Crippen molar-refractivity contribution in [2.24, 2.45) is 0 Å². The van der Waals surface area contributed by atoms with Gasteiger partial charge in [0.25, 0.3) is 0 Å². The molecule has 4 aliphatic carbocycles. The number of ether oxygens (including phenoxy) is 3. The Morgan fingerprint density at radius 2 is 1.01 bits per heavy atom. The first kappa shape index (κ1) is 55.6. The molecular weight excluding hydrogens is 1160 g/mol. The van der Waals surface area contributed by atoms with Crippen LogP contribution >= 0.6 is 69.1 Å². The van der Waals surface area contributed by atoms with E-state index in [-0.39, 0.29) is 74.6 Å². The standard InChI is InChI=1S/C28H24Cl2F2N2O5S.C27H22Cl2F2N2O5S/c1-37-26(35)21-18(31)11-19-25(22(21)32)40-27(33-19)28(36)9-7-14(8-10-28)38-12-15-23(34-39-24(15)13-5-6-13)20-16(29)3-2-4-17(20)30;28-15-2-1-3-16(29)19(15)22-14(23(38-33-22)12-4-5-12)11-37-13-6-8-27(36,9-7-13)26-32-18-10-17(30)20(25(34)35)21(31)24(18)39-26/h2-4,11,13-14,36H,5-10,12H2,1H3;1-3,10,12-13,36H,4-9,11H2,(H,34,35). The van der Waals surface area contributed by atoms with Gasteiger partial charge in [-0.2, -0.15) is 0 Å². The van der Waals surface area contributed by atoms with Crippen molar-refractivity contribution in [3.8, 4) is 22.5 Å². The van der Waals surface area contributed by atoms with E-state index in [1.807, 2.05) is 0 Å². The molecule has 0 amide bonds. The SMILES string of the molecule is COC(=O)c1c(F)cc2nc(C3(O)CCC(OCc4c(-c5c(Cl)cccc5Cl)noc4C4CC4)CC3)sc2c1F.O=C(O)c1c(F)cc2nc(C3(O)CCC(OCc4c(-c5c(Cl)cccc5Cl)noc4C4CC4)CC3)sc2c1F. The predicted octanol–water partition coefficient (Wildman–Crippen LogP) is 15.0. The summed E-state index contributed by atoms with van der Waals surface area (Å²) in [5.74, 6) is -5.16. The number of carbonyl (C=O) groups is 2. The van der Waals surface area contributed by atoms with E-state index in [1.165, 1.54) is 0 Å². The molecule has 0 aliphatic heterocycles. The first-order chi connectivity index (χ1) is 37.9. The van der Waals surface area contributed by atoms with Crippen LogP contribution in [0.15, 0.2) is 57.6 Å². The van der Waals surface area contributed by atoms with Gasteiger partial charge in [-0.15, -0.1) is 22.7 Å². The molecule has 0 bridgehead atoms. The minimum Gasteiger partial charge on any atom is -0.477 e. The number of esters is 1. The van der Waals surface area contributed by atoms with Gasteiger partial charge in [0.15, 0.2) is 11.6 Å². The molecule has 4 aromatic carbocycles. The molecule has 12 rings (SSSR count). The molecule has 79 heavy (non-hydrogen) atoms. The highest BCUT2D eigenvalue weighted by atomic mass is 35.5. The Bertz CT molecular complexity index is 3640. The van der Waals surface area contributed by atoms with Crippen molar-refractivity contribution in [1.29, 1.82) is 0 Å². The van der Waals surface area contributed by atoms with Crippen molar-refractivity contribution in [1.82, 2.24) is 20.3 Å². The number of hydrogen-bond acceptors (Lipinski definition) is 15. The molecule has 0 unspecified atom stereocenters. The van der Waals surface area contributed by atoms with E-state index >= 15 is 0 Å². The molecule has 0 radical (unpaired) electrons. The highest BCUT2D eigenvalue weighted by molar-refractivity contribution is 7.19. The second-order valence-electron chi connectivity index (χ2n) is 20.2. The summed E-state index contributed by atoms with van der Waals surface area (Å²) < 4.78 is 86.6. The maximum absolute atomic E-state index is 15.0. The lowest BCUT2D eigenvalue weighted by Crippen LogP contribution is -2.34. The smallest absolute Gasteiger partial charge is 0.343 e. The summed E-state index contributed by atoms with van der Waals surface area (Å²) in [6, 6.07) is 12.4. The van der Waals surface area contributed by atoms with Gasteiger partial charge in [-0.1, -0.05) is 68.8 Å². The largest absolute Gasteiger partial charge is 0.477 e. The first-order valence-corrected chi connectivity index (χ1v) is 28.4. The number of nitrogens with zero attached hydrogens (tertiary/aromatic N) is 4. The second-order valence-corrected chi connectivity index (χ2v) is 23.8. The van der Waals surface area contributed by atoms with Crippen LogP contribution in [0, 0.1) is 23.3 Å². The summed E-state index contributed by atoms with van der Waals surface area (Å²) in [7, 11) is 1.05. The lowest BCUT2D eigenvalue weighted by molar-refractivity contribution is -0.0641. The number of carbonyl (C=O) groups excluding carboxylic acids is 1. The van der Waals surface area contributed by atoms with Crippen molar-refractivity contribution in [3.05, 3.63) is 136 Å². The Morgan fingerprint density at radius 1 is 0.633 bits per heavy atom. The number of halogens is 8. The number of hydrogen-bond donors (Lipinski definition) is 3. The number of carboxylic acid groups (broad SMARTS) is 1. The van der Waals surface area contributed by atoms with Crippen molar-refractivity contribution in [2.45, 2.75) is 126 Å². The Kier molecular flexibility index (Phi) is 15.7. The number of benzene rings is 4. The van der Waals surface area contributed by atoms with Crippen LogP contribution in [0.3, 0.4) is 0 Å². The molecule has 8 aromatic rings. The Morgan fingerprint density at radius 3 is 1.38 bits per heavy atom. The zero-order valence-electron chi connectivity index (χ0n) is 41.7. The quantitative estimate of drug-likeness (QED) is 0.0686. The number of thiazole rings is 2. The van der Waals surface area contributed by atoms with Gasteiger partial charge in [-0.3, -0.25) is 0 Å². The van der Waals surface area contributed by atoms with Crippen LogP contribution < -0.4 is 0 Å². The highest BCUT2D eigenvalue weighted by Gasteiger charge is 2.42. The number of fused-ring (bicyclic) bond motifs is 2. The van der Waals surface area contributed by atoms with Crippen molar-refractivity contribution in [3.63, 3.8) is 0 Å². The fraction of sp³-hybridized carbons (Fsp3) is 0.382. The predicted molar refractivity (Wildman–Crippen MR) is 287 cm³/mol. The van der Waals surface area contributed by atoms with Gasteiger partial charge in [0.1, 0.15) is 66.9 Å². The maximum atomic E-state index is 15.0. The van der Waals surface area contributed by atoms with E-state index < -0.39 is 57.5 Å². The third-order valence-electron chi connectivity index (χ3n) is 14.9. The first-order valence-electron chi connectivity index (χ1n) is 25.3. The molecule has 4 heterocycles. The average molecular weight is 1200 g/mol. The summed E-state index contributed by atoms with van der Waals surface area (Å²) in [5.41, 5.74) is -0.504. The number of aromatic carboxylic acids is 1. The zero-order chi connectivity index (χ0) is 55.7. The summed E-state index contributed by atoms with van der Waals surface area (Å²) >= 11 is 27.5. The molecule has 4 saturated carbocycles. The molecule has 4 aromatic heterocycles. The minimum atomic E-state index is -1.70. The number of methoxy groups -OCH3 is 1. The van der Waals surface area contributed by atoms with Gasteiger partial charge < -0.3 is 38.6 Å². The Balaban J connectivity index is 0.000000167. The van der Waals surface area contributed by atoms with Crippen molar-refractivity contribution < 1.29 is 65.7 Å². The van der Waals surface area contributed by atoms with Gasteiger partial charge in [0, 0.05) is 46.2 Å². The van der Waals surface area contributed by atoms with E-state index in [0.29, 0.717) is 87.0 Å². The van der Waals surface area contributed by atoms with Gasteiger partial charge in [-0.05, 0) is 101 Å². The van der Waals surface area contributed by atoms with Crippen LogP contribution in [0.1, 0.15) is 142 Å².